The minimum atomic E-state index is 0.744. The van der Waals surface area contributed by atoms with Gasteiger partial charge in [-0.15, -0.1) is 11.7 Å². The summed E-state index contributed by atoms with van der Waals surface area (Å²) >= 11 is 4.05. The van der Waals surface area contributed by atoms with Gasteiger partial charge in [0.2, 0.25) is 0 Å². The molecule has 2 rings (SSSR count). The van der Waals surface area contributed by atoms with E-state index in [2.05, 4.69) is 17.0 Å². The van der Waals surface area contributed by atoms with Gasteiger partial charge in [0.25, 0.3) is 0 Å². The van der Waals surface area contributed by atoms with Crippen LogP contribution < -0.4 is 5.32 Å². The second kappa shape index (κ2) is 2.93. The van der Waals surface area contributed by atoms with Gasteiger partial charge in [-0.2, -0.15) is 0 Å². The van der Waals surface area contributed by atoms with Crippen LogP contribution in [0.25, 0.3) is 0 Å². The summed E-state index contributed by atoms with van der Waals surface area (Å²) in [5.41, 5.74) is 0. The third kappa shape index (κ3) is 1.18. The van der Waals surface area contributed by atoms with Crippen molar-refractivity contribution in [1.29, 1.82) is 0 Å². The summed E-state index contributed by atoms with van der Waals surface area (Å²) in [7, 11) is 1.55. The molecule has 0 spiro atoms. The maximum absolute atomic E-state index is 5.25. The van der Waals surface area contributed by atoms with Crippen LogP contribution in [-0.2, 0) is 4.74 Å². The Kier molecular flexibility index (Phi) is 2.13. The van der Waals surface area contributed by atoms with E-state index in [0.717, 1.165) is 37.0 Å². The van der Waals surface area contributed by atoms with E-state index in [1.54, 1.807) is 10.8 Å². The van der Waals surface area contributed by atoms with Crippen LogP contribution in [0.4, 0.5) is 0 Å². The zero-order chi connectivity index (χ0) is 6.97. The number of ether oxygens (including phenoxy) is 1. The molecule has 4 heteroatoms. The molecule has 1 saturated heterocycles. The van der Waals surface area contributed by atoms with E-state index in [1.807, 2.05) is 0 Å². The average Bonchev–Trinajstić information content (AvgIpc) is 2.46. The molecule has 1 heterocycles. The third-order valence-electron chi connectivity index (χ3n) is 2.34. The number of fused-ring (bicyclic) bond motifs is 1. The highest BCUT2D eigenvalue weighted by molar-refractivity contribution is 8.68. The predicted octanol–water partition coefficient (Wildman–Crippen LogP) is 0.756. The van der Waals surface area contributed by atoms with Crippen LogP contribution in [-0.4, -0.2) is 25.1 Å². The minimum Gasteiger partial charge on any atom is -0.381 e. The van der Waals surface area contributed by atoms with Gasteiger partial charge < -0.3 is 10.1 Å². The molecule has 0 radical (unpaired) electrons. The van der Waals surface area contributed by atoms with Gasteiger partial charge in [-0.25, -0.2) is 0 Å². The molecular formula is C6H11NOS2. The van der Waals surface area contributed by atoms with Crippen molar-refractivity contribution >= 4 is 22.5 Å². The van der Waals surface area contributed by atoms with Crippen molar-refractivity contribution in [2.45, 2.75) is 6.04 Å². The summed E-state index contributed by atoms with van der Waals surface area (Å²) in [5.74, 6) is 2.60. The van der Waals surface area contributed by atoms with E-state index in [0.29, 0.717) is 0 Å². The standard InChI is InChI=1S/C6H11NOS2/c9-10-3-7-6-4-1-8-2-5(4)6/h4-7,9H,1-3H2. The van der Waals surface area contributed by atoms with E-state index < -0.39 is 0 Å². The Balaban J connectivity index is 1.69. The Labute approximate surface area is 69.9 Å². The summed E-state index contributed by atoms with van der Waals surface area (Å²) in [6.45, 7) is 1.94. The highest BCUT2D eigenvalue weighted by Gasteiger charge is 2.53. The zero-order valence-electron chi connectivity index (χ0n) is 5.62. The van der Waals surface area contributed by atoms with Gasteiger partial charge in [-0.05, 0) is 0 Å². The maximum Gasteiger partial charge on any atom is 0.0523 e. The number of rotatable bonds is 3. The van der Waals surface area contributed by atoms with Crippen molar-refractivity contribution in [3.8, 4) is 0 Å². The first kappa shape index (κ1) is 7.28. The van der Waals surface area contributed by atoms with Gasteiger partial charge in [0.1, 0.15) is 0 Å². The fourth-order valence-corrected chi connectivity index (χ4v) is 2.17. The van der Waals surface area contributed by atoms with Crippen LogP contribution in [0.1, 0.15) is 0 Å². The summed E-state index contributed by atoms with van der Waals surface area (Å²) in [5, 5.41) is 3.41. The summed E-state index contributed by atoms with van der Waals surface area (Å²) < 4.78 is 5.25. The van der Waals surface area contributed by atoms with Crippen molar-refractivity contribution in [2.24, 2.45) is 11.8 Å². The number of hydrogen-bond acceptors (Lipinski definition) is 4. The molecule has 1 aliphatic carbocycles. The first-order valence-electron chi connectivity index (χ1n) is 3.51. The Morgan fingerprint density at radius 3 is 2.80 bits per heavy atom. The van der Waals surface area contributed by atoms with Crippen LogP contribution in [0.2, 0.25) is 0 Å². The van der Waals surface area contributed by atoms with Gasteiger partial charge in [-0.1, -0.05) is 10.8 Å². The van der Waals surface area contributed by atoms with Crippen molar-refractivity contribution < 1.29 is 4.74 Å². The fraction of sp³-hybridized carbons (Fsp3) is 1.00. The lowest BCUT2D eigenvalue weighted by Gasteiger charge is -2.03. The molecule has 1 saturated carbocycles. The van der Waals surface area contributed by atoms with E-state index in [-0.39, 0.29) is 0 Å². The monoisotopic (exact) mass is 177 g/mol. The van der Waals surface area contributed by atoms with Crippen molar-refractivity contribution in [3.05, 3.63) is 0 Å². The van der Waals surface area contributed by atoms with Crippen molar-refractivity contribution in [3.63, 3.8) is 0 Å². The normalized spacial score (nSPS) is 43.5. The molecule has 2 nitrogen and oxygen atoms in total. The Morgan fingerprint density at radius 2 is 2.20 bits per heavy atom. The second-order valence-corrected chi connectivity index (χ2v) is 4.19. The summed E-state index contributed by atoms with van der Waals surface area (Å²) in [6, 6.07) is 0.744. The third-order valence-corrected chi connectivity index (χ3v) is 3.02. The molecule has 0 bridgehead atoms. The van der Waals surface area contributed by atoms with Crippen LogP contribution in [0.5, 0.6) is 0 Å². The molecule has 2 aliphatic rings. The maximum atomic E-state index is 5.25. The van der Waals surface area contributed by atoms with E-state index in [1.165, 1.54) is 0 Å². The molecule has 0 amide bonds. The summed E-state index contributed by atoms with van der Waals surface area (Å²) in [4.78, 5) is 0. The molecule has 2 fully saturated rings. The number of hydrogen-bond donors (Lipinski definition) is 2. The fourth-order valence-electron chi connectivity index (χ4n) is 1.68. The molecule has 0 aromatic heterocycles. The van der Waals surface area contributed by atoms with Gasteiger partial charge in [0, 0.05) is 17.9 Å². The topological polar surface area (TPSA) is 21.3 Å². The molecule has 0 aromatic carbocycles. The molecule has 2 unspecified atom stereocenters. The first-order chi connectivity index (χ1) is 4.93. The molecule has 0 aromatic rings. The molecule has 58 valence electrons. The van der Waals surface area contributed by atoms with Crippen molar-refractivity contribution in [1.82, 2.24) is 5.32 Å². The Bertz CT molecular complexity index is 123. The van der Waals surface area contributed by atoms with Gasteiger partial charge in [0.05, 0.1) is 19.1 Å². The SMILES string of the molecule is SSCNC1C2COCC21. The van der Waals surface area contributed by atoms with E-state index >= 15 is 0 Å². The Morgan fingerprint density at radius 1 is 1.50 bits per heavy atom. The molecule has 10 heavy (non-hydrogen) atoms. The second-order valence-electron chi connectivity index (χ2n) is 2.87. The zero-order valence-corrected chi connectivity index (χ0v) is 7.33. The van der Waals surface area contributed by atoms with Crippen LogP contribution in [0.3, 0.4) is 0 Å². The van der Waals surface area contributed by atoms with Crippen LogP contribution >= 0.6 is 22.5 Å². The van der Waals surface area contributed by atoms with Gasteiger partial charge >= 0.3 is 0 Å². The highest BCUT2D eigenvalue weighted by Crippen LogP contribution is 2.44. The molecule has 1 N–H and O–H groups in total. The lowest BCUT2D eigenvalue weighted by Crippen LogP contribution is -2.21. The minimum absolute atomic E-state index is 0.744. The average molecular weight is 177 g/mol. The lowest BCUT2D eigenvalue weighted by atomic mass is 10.4. The van der Waals surface area contributed by atoms with Gasteiger partial charge in [-0.3, -0.25) is 0 Å². The molecule has 1 aliphatic heterocycles. The van der Waals surface area contributed by atoms with Crippen LogP contribution in [0.15, 0.2) is 0 Å². The molecular weight excluding hydrogens is 166 g/mol. The lowest BCUT2D eigenvalue weighted by molar-refractivity contribution is 0.157. The Hall–Kier alpha value is 0.620. The highest BCUT2D eigenvalue weighted by atomic mass is 33.1. The first-order valence-corrected chi connectivity index (χ1v) is 5.55. The predicted molar refractivity (Wildman–Crippen MR) is 46.2 cm³/mol. The molecule has 2 atom stereocenters. The quantitative estimate of drug-likeness (QED) is 0.377. The number of nitrogens with one attached hydrogen (secondary N) is 1. The number of thiol groups is 1. The largest absolute Gasteiger partial charge is 0.381 e. The van der Waals surface area contributed by atoms with Gasteiger partial charge in [0.15, 0.2) is 0 Å². The van der Waals surface area contributed by atoms with E-state index in [9.17, 15) is 0 Å². The van der Waals surface area contributed by atoms with Crippen molar-refractivity contribution in [2.75, 3.05) is 19.1 Å². The van der Waals surface area contributed by atoms with E-state index in [4.69, 9.17) is 4.74 Å². The smallest absolute Gasteiger partial charge is 0.0523 e. The van der Waals surface area contributed by atoms with Crippen LogP contribution in [0, 0.1) is 11.8 Å². The summed E-state index contributed by atoms with van der Waals surface area (Å²) in [6.07, 6.45) is 0.